The molecule has 0 unspecified atom stereocenters. The van der Waals surface area contributed by atoms with E-state index < -0.39 is 6.04 Å². The maximum Gasteiger partial charge on any atom is 0.315 e. The fourth-order valence-corrected chi connectivity index (χ4v) is 2.91. The van der Waals surface area contributed by atoms with Crippen LogP contribution >= 0.6 is 0 Å². The van der Waals surface area contributed by atoms with E-state index >= 15 is 0 Å². The highest BCUT2D eigenvalue weighted by Gasteiger charge is 2.27. The van der Waals surface area contributed by atoms with Gasteiger partial charge in [-0.3, -0.25) is 9.78 Å². The molecule has 6 heteroatoms. The van der Waals surface area contributed by atoms with E-state index in [0.29, 0.717) is 0 Å². The van der Waals surface area contributed by atoms with Crippen LogP contribution in [-0.2, 0) is 4.79 Å². The molecule has 23 heavy (non-hydrogen) atoms. The van der Waals surface area contributed by atoms with Crippen molar-refractivity contribution >= 4 is 11.9 Å². The van der Waals surface area contributed by atoms with Crippen molar-refractivity contribution in [1.29, 1.82) is 0 Å². The third kappa shape index (κ3) is 4.68. The van der Waals surface area contributed by atoms with Crippen molar-refractivity contribution in [3.8, 4) is 0 Å². The highest BCUT2D eigenvalue weighted by Crippen LogP contribution is 2.17. The number of piperidine rings is 1. The first kappa shape index (κ1) is 17.2. The van der Waals surface area contributed by atoms with Gasteiger partial charge in [-0.1, -0.05) is 0 Å². The number of likely N-dealkylation sites (tertiary alicyclic amines) is 1. The van der Waals surface area contributed by atoms with E-state index in [4.69, 9.17) is 0 Å². The second kappa shape index (κ2) is 7.94. The van der Waals surface area contributed by atoms with Gasteiger partial charge in [0.25, 0.3) is 0 Å². The van der Waals surface area contributed by atoms with Gasteiger partial charge in [-0.2, -0.15) is 0 Å². The van der Waals surface area contributed by atoms with Crippen LogP contribution in [0.3, 0.4) is 0 Å². The van der Waals surface area contributed by atoms with Gasteiger partial charge in [0.15, 0.2) is 0 Å². The van der Waals surface area contributed by atoms with Crippen molar-refractivity contribution in [3.05, 3.63) is 30.1 Å². The van der Waals surface area contributed by atoms with Gasteiger partial charge in [-0.25, -0.2) is 4.79 Å². The van der Waals surface area contributed by atoms with Crippen LogP contribution in [0.5, 0.6) is 0 Å². The standard InChI is InChI=1S/C17H26N4O2/c1-12-6-4-5-11-21(12)16(22)14(3)20-17(23)19-13(2)15-7-9-18-10-8-15/h7-10,12-14H,4-6,11H2,1-3H3,(H2,19,20,23)/t12-,13-,14-/m0/s1. The van der Waals surface area contributed by atoms with Crippen LogP contribution in [0, 0.1) is 0 Å². The molecule has 1 aromatic rings. The number of aromatic nitrogens is 1. The Balaban J connectivity index is 1.85. The van der Waals surface area contributed by atoms with Crippen molar-refractivity contribution in [2.45, 2.75) is 58.2 Å². The lowest BCUT2D eigenvalue weighted by Gasteiger charge is -2.35. The van der Waals surface area contributed by atoms with E-state index in [0.717, 1.165) is 31.4 Å². The van der Waals surface area contributed by atoms with Crippen LogP contribution in [0.25, 0.3) is 0 Å². The normalized spacial score (nSPS) is 20.5. The predicted octanol–water partition coefficient (Wildman–Crippen LogP) is 2.23. The number of urea groups is 1. The van der Waals surface area contributed by atoms with Gasteiger partial charge in [-0.05, 0) is 57.7 Å². The highest BCUT2D eigenvalue weighted by atomic mass is 16.2. The molecule has 3 amide bonds. The molecule has 126 valence electrons. The Bertz CT molecular complexity index is 535. The summed E-state index contributed by atoms with van der Waals surface area (Å²) in [6.45, 7) is 6.48. The van der Waals surface area contributed by atoms with Crippen molar-refractivity contribution in [2.24, 2.45) is 0 Å². The van der Waals surface area contributed by atoms with Gasteiger partial charge < -0.3 is 15.5 Å². The van der Waals surface area contributed by atoms with E-state index in [1.165, 1.54) is 0 Å². The van der Waals surface area contributed by atoms with Crippen LogP contribution in [0.1, 0.15) is 51.6 Å². The summed E-state index contributed by atoms with van der Waals surface area (Å²) < 4.78 is 0. The molecular formula is C17H26N4O2. The number of pyridine rings is 1. The van der Waals surface area contributed by atoms with Crippen molar-refractivity contribution in [3.63, 3.8) is 0 Å². The van der Waals surface area contributed by atoms with Crippen molar-refractivity contribution < 1.29 is 9.59 Å². The molecule has 0 bridgehead atoms. The predicted molar refractivity (Wildman–Crippen MR) is 88.8 cm³/mol. The first-order valence-electron chi connectivity index (χ1n) is 8.26. The summed E-state index contributed by atoms with van der Waals surface area (Å²) in [5.74, 6) is -0.0103. The summed E-state index contributed by atoms with van der Waals surface area (Å²) in [6.07, 6.45) is 6.61. The number of nitrogens with zero attached hydrogens (tertiary/aromatic N) is 2. The third-order valence-electron chi connectivity index (χ3n) is 4.36. The van der Waals surface area contributed by atoms with Crippen molar-refractivity contribution in [1.82, 2.24) is 20.5 Å². The van der Waals surface area contributed by atoms with E-state index in [-0.39, 0.29) is 24.0 Å². The number of carbonyl (C=O) groups excluding carboxylic acids is 2. The Morgan fingerprint density at radius 1 is 1.22 bits per heavy atom. The number of rotatable bonds is 4. The number of carbonyl (C=O) groups is 2. The molecule has 0 aromatic carbocycles. The fraction of sp³-hybridized carbons (Fsp3) is 0.588. The summed E-state index contributed by atoms with van der Waals surface area (Å²) in [6, 6.07) is 2.96. The minimum absolute atomic E-state index is 0.0103. The summed E-state index contributed by atoms with van der Waals surface area (Å²) in [5, 5.41) is 5.59. The number of amides is 3. The largest absolute Gasteiger partial charge is 0.338 e. The van der Waals surface area contributed by atoms with Gasteiger partial charge in [0.05, 0.1) is 6.04 Å². The molecule has 0 saturated carbocycles. The molecule has 1 aliphatic rings. The topological polar surface area (TPSA) is 74.3 Å². The lowest BCUT2D eigenvalue weighted by atomic mass is 10.0. The molecular weight excluding hydrogens is 292 g/mol. The number of hydrogen-bond donors (Lipinski definition) is 2. The zero-order valence-electron chi connectivity index (χ0n) is 14.1. The van der Waals surface area contributed by atoms with Gasteiger partial charge in [-0.15, -0.1) is 0 Å². The van der Waals surface area contributed by atoms with E-state index in [1.807, 2.05) is 24.0 Å². The zero-order valence-corrected chi connectivity index (χ0v) is 14.1. The maximum absolute atomic E-state index is 12.5. The van der Waals surface area contributed by atoms with E-state index in [1.54, 1.807) is 19.3 Å². The van der Waals surface area contributed by atoms with Crippen molar-refractivity contribution in [2.75, 3.05) is 6.54 Å². The van der Waals surface area contributed by atoms with Crippen LogP contribution in [0.4, 0.5) is 4.79 Å². The summed E-state index contributed by atoms with van der Waals surface area (Å²) in [7, 11) is 0. The molecule has 2 heterocycles. The average Bonchev–Trinajstić information content (AvgIpc) is 2.55. The van der Waals surface area contributed by atoms with Crippen LogP contribution in [0.2, 0.25) is 0 Å². The Morgan fingerprint density at radius 3 is 2.57 bits per heavy atom. The zero-order chi connectivity index (χ0) is 16.8. The van der Waals surface area contributed by atoms with Gasteiger partial charge in [0, 0.05) is 25.0 Å². The summed E-state index contributed by atoms with van der Waals surface area (Å²) >= 11 is 0. The number of hydrogen-bond acceptors (Lipinski definition) is 3. The van der Waals surface area contributed by atoms with E-state index in [9.17, 15) is 9.59 Å². The van der Waals surface area contributed by atoms with Gasteiger partial charge in [0.2, 0.25) is 5.91 Å². The molecule has 0 aliphatic carbocycles. The minimum atomic E-state index is -0.528. The van der Waals surface area contributed by atoms with Crippen LogP contribution in [0.15, 0.2) is 24.5 Å². The molecule has 3 atom stereocenters. The Labute approximate surface area is 137 Å². The summed E-state index contributed by atoms with van der Waals surface area (Å²) in [4.78, 5) is 30.4. The molecule has 0 spiro atoms. The smallest absolute Gasteiger partial charge is 0.315 e. The fourth-order valence-electron chi connectivity index (χ4n) is 2.91. The third-order valence-corrected chi connectivity index (χ3v) is 4.36. The SMILES string of the molecule is C[C@H](NC(=O)N[C@@H](C)c1ccncc1)C(=O)N1CCCC[C@@H]1C. The Morgan fingerprint density at radius 2 is 1.91 bits per heavy atom. The van der Waals surface area contributed by atoms with Gasteiger partial charge >= 0.3 is 6.03 Å². The maximum atomic E-state index is 12.5. The monoisotopic (exact) mass is 318 g/mol. The lowest BCUT2D eigenvalue weighted by molar-refractivity contribution is -0.136. The second-order valence-corrected chi connectivity index (χ2v) is 6.22. The quantitative estimate of drug-likeness (QED) is 0.894. The molecule has 2 rings (SSSR count). The average molecular weight is 318 g/mol. The summed E-state index contributed by atoms with van der Waals surface area (Å²) in [5.41, 5.74) is 0.971. The lowest BCUT2D eigenvalue weighted by Crippen LogP contribution is -2.53. The second-order valence-electron chi connectivity index (χ2n) is 6.22. The van der Waals surface area contributed by atoms with Crippen LogP contribution < -0.4 is 10.6 Å². The van der Waals surface area contributed by atoms with E-state index in [2.05, 4.69) is 22.5 Å². The Hall–Kier alpha value is -2.11. The first-order chi connectivity index (χ1) is 11.0. The minimum Gasteiger partial charge on any atom is -0.338 e. The number of nitrogens with one attached hydrogen (secondary N) is 2. The highest BCUT2D eigenvalue weighted by molar-refractivity contribution is 5.87. The Kier molecular flexibility index (Phi) is 5.96. The molecule has 1 aromatic heterocycles. The van der Waals surface area contributed by atoms with Crippen LogP contribution in [-0.4, -0.2) is 40.5 Å². The molecule has 1 saturated heterocycles. The molecule has 2 N–H and O–H groups in total. The molecule has 1 aliphatic heterocycles. The molecule has 0 radical (unpaired) electrons. The molecule has 6 nitrogen and oxygen atoms in total. The molecule has 1 fully saturated rings. The van der Waals surface area contributed by atoms with Gasteiger partial charge in [0.1, 0.15) is 6.04 Å². The first-order valence-corrected chi connectivity index (χ1v) is 8.26.